The standard InChI is InChI=1S/C15H17FO3/c1-8-7-11(17)18-14-10(8)6-9(2)13(12(14)16)19-15(3,4)5/h6-7H,1-5H3. The van der Waals surface area contributed by atoms with E-state index in [0.29, 0.717) is 16.5 Å². The molecule has 102 valence electrons. The van der Waals surface area contributed by atoms with Crippen molar-refractivity contribution in [3.8, 4) is 5.75 Å². The fraction of sp³-hybridized carbons (Fsp3) is 0.400. The summed E-state index contributed by atoms with van der Waals surface area (Å²) in [6.45, 7) is 9.03. The minimum Gasteiger partial charge on any atom is -0.485 e. The van der Waals surface area contributed by atoms with Crippen molar-refractivity contribution >= 4 is 11.0 Å². The lowest BCUT2D eigenvalue weighted by Crippen LogP contribution is -2.24. The van der Waals surface area contributed by atoms with Gasteiger partial charge in [-0.25, -0.2) is 4.79 Å². The summed E-state index contributed by atoms with van der Waals surface area (Å²) in [5.74, 6) is -0.487. The predicted octanol–water partition coefficient (Wildman–Crippen LogP) is 3.73. The summed E-state index contributed by atoms with van der Waals surface area (Å²) in [7, 11) is 0. The first-order valence-corrected chi connectivity index (χ1v) is 6.11. The molecule has 0 aliphatic rings. The largest absolute Gasteiger partial charge is 0.485 e. The summed E-state index contributed by atoms with van der Waals surface area (Å²) in [5.41, 5.74) is 0.236. The van der Waals surface area contributed by atoms with Gasteiger partial charge in [-0.3, -0.25) is 0 Å². The Kier molecular flexibility index (Phi) is 3.12. The van der Waals surface area contributed by atoms with Crippen LogP contribution in [0.2, 0.25) is 0 Å². The van der Waals surface area contributed by atoms with Gasteiger partial charge in [-0.05, 0) is 51.8 Å². The number of hydrogen-bond acceptors (Lipinski definition) is 3. The molecule has 0 aliphatic carbocycles. The van der Waals surface area contributed by atoms with E-state index in [1.807, 2.05) is 20.8 Å². The molecule has 2 aromatic rings. The summed E-state index contributed by atoms with van der Waals surface area (Å²) in [6, 6.07) is 3.13. The van der Waals surface area contributed by atoms with Crippen molar-refractivity contribution in [3.63, 3.8) is 0 Å². The Hall–Kier alpha value is -1.84. The second kappa shape index (κ2) is 4.37. The minimum atomic E-state index is -0.620. The maximum absolute atomic E-state index is 14.5. The Labute approximate surface area is 111 Å². The molecule has 0 N–H and O–H groups in total. The van der Waals surface area contributed by atoms with E-state index in [2.05, 4.69) is 0 Å². The third kappa shape index (κ3) is 2.62. The van der Waals surface area contributed by atoms with Crippen LogP contribution in [0.15, 0.2) is 21.3 Å². The van der Waals surface area contributed by atoms with Crippen LogP contribution in [0.1, 0.15) is 31.9 Å². The molecule has 1 aromatic heterocycles. The summed E-state index contributed by atoms with van der Waals surface area (Å²) in [5, 5.41) is 0.593. The third-order valence-electron chi connectivity index (χ3n) is 2.73. The van der Waals surface area contributed by atoms with Crippen molar-refractivity contribution in [1.29, 1.82) is 0 Å². The lowest BCUT2D eigenvalue weighted by atomic mass is 10.1. The molecule has 1 heterocycles. The molecule has 0 saturated heterocycles. The topological polar surface area (TPSA) is 39.4 Å². The van der Waals surface area contributed by atoms with Crippen molar-refractivity contribution in [2.24, 2.45) is 0 Å². The molecule has 0 amide bonds. The van der Waals surface area contributed by atoms with Gasteiger partial charge in [0.05, 0.1) is 0 Å². The van der Waals surface area contributed by atoms with Crippen molar-refractivity contribution in [1.82, 2.24) is 0 Å². The highest BCUT2D eigenvalue weighted by molar-refractivity contribution is 5.83. The van der Waals surface area contributed by atoms with Crippen molar-refractivity contribution in [2.75, 3.05) is 0 Å². The Morgan fingerprint density at radius 1 is 1.16 bits per heavy atom. The summed E-state index contributed by atoms with van der Waals surface area (Å²) < 4.78 is 25.0. The maximum atomic E-state index is 14.5. The molecule has 0 fully saturated rings. The van der Waals surface area contributed by atoms with E-state index in [9.17, 15) is 9.18 Å². The Morgan fingerprint density at radius 3 is 2.37 bits per heavy atom. The smallest absolute Gasteiger partial charge is 0.336 e. The summed E-state index contributed by atoms with van der Waals surface area (Å²) >= 11 is 0. The van der Waals surface area contributed by atoms with Crippen LogP contribution in [-0.4, -0.2) is 5.60 Å². The SMILES string of the molecule is Cc1cc2c(C)cc(=O)oc2c(F)c1OC(C)(C)C. The number of benzene rings is 1. The van der Waals surface area contributed by atoms with Crippen LogP contribution in [0.25, 0.3) is 11.0 Å². The van der Waals surface area contributed by atoms with Gasteiger partial charge in [0.15, 0.2) is 11.3 Å². The van der Waals surface area contributed by atoms with Crippen LogP contribution in [0.4, 0.5) is 4.39 Å². The van der Waals surface area contributed by atoms with E-state index in [1.165, 1.54) is 6.07 Å². The zero-order valence-corrected chi connectivity index (χ0v) is 11.8. The molecule has 0 bridgehead atoms. The van der Waals surface area contributed by atoms with Gasteiger partial charge < -0.3 is 9.15 Å². The van der Waals surface area contributed by atoms with Crippen LogP contribution < -0.4 is 10.4 Å². The molecule has 3 nitrogen and oxygen atoms in total. The van der Waals surface area contributed by atoms with Gasteiger partial charge in [0, 0.05) is 11.5 Å². The van der Waals surface area contributed by atoms with Gasteiger partial charge in [0.25, 0.3) is 0 Å². The van der Waals surface area contributed by atoms with E-state index >= 15 is 0 Å². The van der Waals surface area contributed by atoms with Gasteiger partial charge in [-0.2, -0.15) is 4.39 Å². The van der Waals surface area contributed by atoms with Crippen molar-refractivity contribution in [2.45, 2.75) is 40.2 Å². The Morgan fingerprint density at radius 2 is 1.79 bits per heavy atom. The second-order valence-corrected chi connectivity index (χ2v) is 5.68. The zero-order chi connectivity index (χ0) is 14.4. The highest BCUT2D eigenvalue weighted by Crippen LogP contribution is 2.33. The molecule has 19 heavy (non-hydrogen) atoms. The van der Waals surface area contributed by atoms with Gasteiger partial charge in [0.1, 0.15) is 5.60 Å². The third-order valence-corrected chi connectivity index (χ3v) is 2.73. The quantitative estimate of drug-likeness (QED) is 0.737. The average Bonchev–Trinajstić information content (AvgIpc) is 2.25. The number of aryl methyl sites for hydroxylation is 2. The number of fused-ring (bicyclic) bond motifs is 1. The highest BCUT2D eigenvalue weighted by atomic mass is 19.1. The molecule has 2 rings (SSSR count). The molecule has 0 saturated carbocycles. The van der Waals surface area contributed by atoms with Crippen LogP contribution in [0, 0.1) is 19.7 Å². The molecular formula is C15H17FO3. The summed E-state index contributed by atoms with van der Waals surface area (Å²) in [4.78, 5) is 11.4. The monoisotopic (exact) mass is 264 g/mol. The number of ether oxygens (including phenoxy) is 1. The first-order chi connectivity index (χ1) is 8.69. The second-order valence-electron chi connectivity index (χ2n) is 5.68. The first kappa shape index (κ1) is 13.6. The van der Waals surface area contributed by atoms with Crippen molar-refractivity contribution < 1.29 is 13.5 Å². The molecule has 1 aromatic carbocycles. The van der Waals surface area contributed by atoms with E-state index in [1.54, 1.807) is 19.9 Å². The number of rotatable bonds is 1. The Balaban J connectivity index is 2.78. The normalized spacial score (nSPS) is 11.9. The summed E-state index contributed by atoms with van der Waals surface area (Å²) in [6.07, 6.45) is 0. The maximum Gasteiger partial charge on any atom is 0.336 e. The minimum absolute atomic E-state index is 0.0464. The van der Waals surface area contributed by atoms with E-state index in [4.69, 9.17) is 9.15 Å². The van der Waals surface area contributed by atoms with Gasteiger partial charge in [-0.1, -0.05) is 0 Å². The van der Waals surface area contributed by atoms with Crippen LogP contribution in [0.3, 0.4) is 0 Å². The number of halogens is 1. The van der Waals surface area contributed by atoms with E-state index in [0.717, 1.165) is 0 Å². The highest BCUT2D eigenvalue weighted by Gasteiger charge is 2.21. The fourth-order valence-corrected chi connectivity index (χ4v) is 1.95. The Bertz CT molecular complexity index is 693. The number of hydrogen-bond donors (Lipinski definition) is 0. The van der Waals surface area contributed by atoms with Crippen LogP contribution in [0.5, 0.6) is 5.75 Å². The zero-order valence-electron chi connectivity index (χ0n) is 11.8. The van der Waals surface area contributed by atoms with E-state index in [-0.39, 0.29) is 11.3 Å². The average molecular weight is 264 g/mol. The van der Waals surface area contributed by atoms with Gasteiger partial charge in [-0.15, -0.1) is 0 Å². The van der Waals surface area contributed by atoms with Gasteiger partial charge in [0.2, 0.25) is 5.82 Å². The molecule has 0 atom stereocenters. The molecule has 0 radical (unpaired) electrons. The molecular weight excluding hydrogens is 247 g/mol. The molecule has 0 spiro atoms. The molecule has 0 unspecified atom stereocenters. The predicted molar refractivity (Wildman–Crippen MR) is 72.3 cm³/mol. The first-order valence-electron chi connectivity index (χ1n) is 6.11. The van der Waals surface area contributed by atoms with Crippen LogP contribution in [-0.2, 0) is 0 Å². The fourth-order valence-electron chi connectivity index (χ4n) is 1.95. The lowest BCUT2D eigenvalue weighted by molar-refractivity contribution is 0.123. The molecule has 4 heteroatoms. The van der Waals surface area contributed by atoms with E-state index < -0.39 is 17.0 Å². The van der Waals surface area contributed by atoms with Crippen LogP contribution >= 0.6 is 0 Å². The van der Waals surface area contributed by atoms with Crippen molar-refractivity contribution in [3.05, 3.63) is 39.5 Å². The lowest BCUT2D eigenvalue weighted by Gasteiger charge is -2.23. The van der Waals surface area contributed by atoms with Gasteiger partial charge >= 0.3 is 5.63 Å². The molecule has 0 aliphatic heterocycles.